The molecule has 2 rings (SSSR count). The topological polar surface area (TPSA) is 20.3 Å². The van der Waals surface area contributed by atoms with Crippen LogP contribution in [0.2, 0.25) is 5.02 Å². The first kappa shape index (κ1) is 9.53. The average Bonchev–Trinajstić information content (AvgIpc) is 2.27. The number of hydrogen-bond donors (Lipinski definition) is 0. The minimum atomic E-state index is 0.290. The van der Waals surface area contributed by atoms with E-state index in [2.05, 4.69) is 4.90 Å². The largest absolute Gasteiger partial charge is 0.373 e. The third kappa shape index (κ3) is 1.62. The smallest absolute Gasteiger partial charge is 0.139 e. The van der Waals surface area contributed by atoms with Crippen LogP contribution < -0.4 is 4.90 Å². The van der Waals surface area contributed by atoms with Crippen molar-refractivity contribution in [3.05, 3.63) is 28.8 Å². The predicted molar refractivity (Wildman–Crippen MR) is 58.1 cm³/mol. The molecule has 0 fully saturated rings. The monoisotopic (exact) mass is 209 g/mol. The zero-order valence-corrected chi connectivity index (χ0v) is 8.84. The lowest BCUT2D eigenvalue weighted by atomic mass is 10.1. The van der Waals surface area contributed by atoms with Crippen molar-refractivity contribution < 1.29 is 4.79 Å². The maximum absolute atomic E-state index is 11.4. The Morgan fingerprint density at radius 2 is 2.21 bits per heavy atom. The van der Waals surface area contributed by atoms with E-state index in [1.807, 2.05) is 25.2 Å². The van der Waals surface area contributed by atoms with Crippen molar-refractivity contribution in [2.24, 2.45) is 0 Å². The molecule has 0 aromatic heterocycles. The third-order valence-electron chi connectivity index (χ3n) is 2.57. The van der Waals surface area contributed by atoms with Gasteiger partial charge in [-0.15, -0.1) is 0 Å². The van der Waals surface area contributed by atoms with Gasteiger partial charge in [0.25, 0.3) is 0 Å². The minimum absolute atomic E-state index is 0.290. The summed E-state index contributed by atoms with van der Waals surface area (Å²) in [5.74, 6) is 0.290. The summed E-state index contributed by atoms with van der Waals surface area (Å²) in [6.07, 6.45) is 1.13. The van der Waals surface area contributed by atoms with Gasteiger partial charge in [-0.05, 0) is 11.6 Å². The molecule has 1 heterocycles. The molecule has 3 heteroatoms. The van der Waals surface area contributed by atoms with Gasteiger partial charge < -0.3 is 4.90 Å². The summed E-state index contributed by atoms with van der Waals surface area (Å²) in [6, 6.07) is 5.74. The van der Waals surface area contributed by atoms with Gasteiger partial charge in [0.15, 0.2) is 0 Å². The Morgan fingerprint density at radius 3 is 3.00 bits per heavy atom. The maximum atomic E-state index is 11.4. The number of benzene rings is 1. The Balaban J connectivity index is 2.52. The van der Waals surface area contributed by atoms with Crippen LogP contribution in [0, 0.1) is 0 Å². The molecule has 0 N–H and O–H groups in total. The van der Waals surface area contributed by atoms with Gasteiger partial charge in [0, 0.05) is 26.4 Å². The highest BCUT2D eigenvalue weighted by Crippen LogP contribution is 2.31. The van der Waals surface area contributed by atoms with Crippen molar-refractivity contribution in [1.82, 2.24) is 0 Å². The van der Waals surface area contributed by atoms with Crippen LogP contribution in [0.3, 0.4) is 0 Å². The molecular weight excluding hydrogens is 198 g/mol. The number of carbonyl (C=O) groups excluding carboxylic acids is 1. The summed E-state index contributed by atoms with van der Waals surface area (Å²) >= 11 is 6.10. The fraction of sp³-hybridized carbons (Fsp3) is 0.364. The summed E-state index contributed by atoms with van der Waals surface area (Å²) in [7, 11) is 1.98. The number of carbonyl (C=O) groups is 1. The second kappa shape index (κ2) is 3.62. The Bertz CT molecular complexity index is 376. The molecule has 0 radical (unpaired) electrons. The van der Waals surface area contributed by atoms with E-state index in [0.717, 1.165) is 22.8 Å². The summed E-state index contributed by atoms with van der Waals surface area (Å²) in [5, 5.41) is 0.736. The molecule has 2 nitrogen and oxygen atoms in total. The number of hydrogen-bond acceptors (Lipinski definition) is 2. The number of halogens is 1. The van der Waals surface area contributed by atoms with Crippen LogP contribution in [0.4, 0.5) is 5.69 Å². The standard InChI is InChI=1S/C11H12ClNO/c1-13-6-5-9(14)7-8-3-2-4-10(12)11(8)13/h2-4H,5-7H2,1H3. The number of ketones is 1. The van der Waals surface area contributed by atoms with Crippen LogP contribution in [-0.4, -0.2) is 19.4 Å². The first-order valence-corrected chi connectivity index (χ1v) is 5.06. The van der Waals surface area contributed by atoms with Crippen LogP contribution in [0.5, 0.6) is 0 Å². The molecule has 0 amide bonds. The van der Waals surface area contributed by atoms with Gasteiger partial charge in [-0.1, -0.05) is 23.7 Å². The fourth-order valence-corrected chi connectivity index (χ4v) is 2.17. The molecule has 14 heavy (non-hydrogen) atoms. The zero-order chi connectivity index (χ0) is 10.1. The van der Waals surface area contributed by atoms with Gasteiger partial charge in [0.05, 0.1) is 10.7 Å². The summed E-state index contributed by atoms with van der Waals surface area (Å²) in [5.41, 5.74) is 2.06. The molecule has 1 aliphatic rings. The molecule has 74 valence electrons. The van der Waals surface area contributed by atoms with Gasteiger partial charge in [-0.2, -0.15) is 0 Å². The Labute approximate surface area is 88.5 Å². The lowest BCUT2D eigenvalue weighted by molar-refractivity contribution is -0.118. The second-order valence-corrected chi connectivity index (χ2v) is 4.04. The molecule has 1 aromatic rings. The highest BCUT2D eigenvalue weighted by molar-refractivity contribution is 6.33. The van der Waals surface area contributed by atoms with Crippen molar-refractivity contribution in [3.8, 4) is 0 Å². The maximum Gasteiger partial charge on any atom is 0.139 e. The number of Topliss-reactive ketones (excluding diaryl/α,β-unsaturated/α-hetero) is 1. The summed E-state index contributed by atoms with van der Waals surface area (Å²) in [4.78, 5) is 13.5. The van der Waals surface area contributed by atoms with Crippen LogP contribution in [0.25, 0.3) is 0 Å². The Morgan fingerprint density at radius 1 is 1.43 bits per heavy atom. The lowest BCUT2D eigenvalue weighted by Crippen LogP contribution is -2.18. The van der Waals surface area contributed by atoms with E-state index in [0.29, 0.717) is 12.8 Å². The summed E-state index contributed by atoms with van der Waals surface area (Å²) in [6.45, 7) is 0.759. The van der Waals surface area contributed by atoms with E-state index in [4.69, 9.17) is 11.6 Å². The van der Waals surface area contributed by atoms with Gasteiger partial charge >= 0.3 is 0 Å². The molecule has 0 bridgehead atoms. The predicted octanol–water partition coefficient (Wildman–Crippen LogP) is 2.29. The van der Waals surface area contributed by atoms with E-state index in [-0.39, 0.29) is 5.78 Å². The van der Waals surface area contributed by atoms with Crippen LogP contribution in [0.15, 0.2) is 18.2 Å². The van der Waals surface area contributed by atoms with Crippen molar-refractivity contribution in [2.75, 3.05) is 18.5 Å². The van der Waals surface area contributed by atoms with Gasteiger partial charge in [0.2, 0.25) is 0 Å². The highest BCUT2D eigenvalue weighted by atomic mass is 35.5. The molecule has 0 atom stereocenters. The van der Waals surface area contributed by atoms with Crippen LogP contribution in [0.1, 0.15) is 12.0 Å². The van der Waals surface area contributed by atoms with E-state index in [1.165, 1.54) is 0 Å². The van der Waals surface area contributed by atoms with Crippen molar-refractivity contribution in [3.63, 3.8) is 0 Å². The normalized spacial score (nSPS) is 16.4. The number of fused-ring (bicyclic) bond motifs is 1. The zero-order valence-electron chi connectivity index (χ0n) is 8.09. The van der Waals surface area contributed by atoms with Gasteiger partial charge in [-0.3, -0.25) is 4.79 Å². The summed E-state index contributed by atoms with van der Waals surface area (Å²) < 4.78 is 0. The second-order valence-electron chi connectivity index (χ2n) is 3.63. The Hall–Kier alpha value is -1.02. The van der Waals surface area contributed by atoms with Crippen molar-refractivity contribution in [2.45, 2.75) is 12.8 Å². The van der Waals surface area contributed by atoms with Gasteiger partial charge in [0.1, 0.15) is 5.78 Å². The van der Waals surface area contributed by atoms with E-state index < -0.39 is 0 Å². The SMILES string of the molecule is CN1CCC(=O)Cc2cccc(Cl)c21. The lowest BCUT2D eigenvalue weighted by Gasteiger charge is -2.19. The first-order chi connectivity index (χ1) is 6.68. The minimum Gasteiger partial charge on any atom is -0.373 e. The molecule has 0 spiro atoms. The molecular formula is C11H12ClNO. The third-order valence-corrected chi connectivity index (χ3v) is 2.87. The number of nitrogens with zero attached hydrogens (tertiary/aromatic N) is 1. The first-order valence-electron chi connectivity index (χ1n) is 4.68. The molecule has 0 unspecified atom stereocenters. The highest BCUT2D eigenvalue weighted by Gasteiger charge is 2.18. The average molecular weight is 210 g/mol. The van der Waals surface area contributed by atoms with E-state index in [9.17, 15) is 4.79 Å². The van der Waals surface area contributed by atoms with Crippen molar-refractivity contribution in [1.29, 1.82) is 0 Å². The molecule has 0 saturated heterocycles. The molecule has 0 aliphatic carbocycles. The van der Waals surface area contributed by atoms with Crippen LogP contribution in [-0.2, 0) is 11.2 Å². The van der Waals surface area contributed by atoms with Crippen molar-refractivity contribution >= 4 is 23.1 Å². The molecule has 1 aromatic carbocycles. The molecule has 1 aliphatic heterocycles. The quantitative estimate of drug-likeness (QED) is 0.654. The van der Waals surface area contributed by atoms with Gasteiger partial charge in [-0.25, -0.2) is 0 Å². The fourth-order valence-electron chi connectivity index (χ4n) is 1.84. The molecule has 0 saturated carbocycles. The van der Waals surface area contributed by atoms with Crippen LogP contribution >= 0.6 is 11.6 Å². The van der Waals surface area contributed by atoms with E-state index >= 15 is 0 Å². The van der Waals surface area contributed by atoms with E-state index in [1.54, 1.807) is 0 Å². The number of rotatable bonds is 0. The number of para-hydroxylation sites is 1. The number of anilines is 1. The Kier molecular flexibility index (Phi) is 2.46.